The van der Waals surface area contributed by atoms with E-state index in [9.17, 15) is 0 Å². The Hall–Kier alpha value is -1.12. The third kappa shape index (κ3) is 3.69. The maximum Gasteiger partial charge on any atom is 0.130 e. The van der Waals surface area contributed by atoms with Crippen molar-refractivity contribution in [3.8, 4) is 0 Å². The lowest BCUT2D eigenvalue weighted by Gasteiger charge is -2.17. The number of aryl methyl sites for hydroxylation is 2. The first kappa shape index (κ1) is 13.3. The molecule has 0 spiro atoms. The van der Waals surface area contributed by atoms with Crippen LogP contribution in [0.2, 0.25) is 0 Å². The van der Waals surface area contributed by atoms with Crippen LogP contribution in [0.3, 0.4) is 0 Å². The molecule has 0 aliphatic heterocycles. The van der Waals surface area contributed by atoms with Crippen LogP contribution in [0.5, 0.6) is 0 Å². The summed E-state index contributed by atoms with van der Waals surface area (Å²) in [4.78, 5) is 8.93. The highest BCUT2D eigenvalue weighted by Gasteiger charge is 2.16. The Morgan fingerprint density at radius 3 is 2.83 bits per heavy atom. The second-order valence-electron chi connectivity index (χ2n) is 5.60. The summed E-state index contributed by atoms with van der Waals surface area (Å²) in [7, 11) is 0. The zero-order valence-electron chi connectivity index (χ0n) is 11.9. The van der Waals surface area contributed by atoms with Crippen molar-refractivity contribution in [1.82, 2.24) is 9.97 Å². The van der Waals surface area contributed by atoms with Crippen molar-refractivity contribution in [2.75, 3.05) is 5.32 Å². The van der Waals surface area contributed by atoms with Gasteiger partial charge in [0.1, 0.15) is 11.6 Å². The molecule has 1 heterocycles. The molecule has 2 rings (SSSR count). The molecule has 18 heavy (non-hydrogen) atoms. The van der Waals surface area contributed by atoms with Gasteiger partial charge >= 0.3 is 0 Å². The normalized spacial score (nSPS) is 24.6. The smallest absolute Gasteiger partial charge is 0.130 e. The molecule has 0 saturated heterocycles. The number of hydrogen-bond acceptors (Lipinski definition) is 3. The highest BCUT2D eigenvalue weighted by molar-refractivity contribution is 5.37. The average Bonchev–Trinajstić information content (AvgIpc) is 2.54. The van der Waals surface area contributed by atoms with Crippen molar-refractivity contribution in [2.24, 2.45) is 5.92 Å². The summed E-state index contributed by atoms with van der Waals surface area (Å²) in [5.74, 6) is 2.77. The van der Waals surface area contributed by atoms with Gasteiger partial charge in [0.15, 0.2) is 0 Å². The van der Waals surface area contributed by atoms with Crippen molar-refractivity contribution in [3.05, 3.63) is 17.6 Å². The van der Waals surface area contributed by atoms with E-state index in [0.717, 1.165) is 29.7 Å². The Morgan fingerprint density at radius 1 is 1.22 bits per heavy atom. The van der Waals surface area contributed by atoms with Gasteiger partial charge in [-0.05, 0) is 38.5 Å². The largest absolute Gasteiger partial charge is 0.367 e. The van der Waals surface area contributed by atoms with E-state index in [1.54, 1.807) is 0 Å². The third-order valence-corrected chi connectivity index (χ3v) is 3.86. The molecular weight excluding hydrogens is 222 g/mol. The molecule has 3 nitrogen and oxygen atoms in total. The van der Waals surface area contributed by atoms with Gasteiger partial charge in [-0.2, -0.15) is 0 Å². The van der Waals surface area contributed by atoms with Gasteiger partial charge < -0.3 is 5.32 Å². The highest BCUT2D eigenvalue weighted by atomic mass is 15.0. The van der Waals surface area contributed by atoms with Crippen molar-refractivity contribution in [2.45, 2.75) is 65.3 Å². The molecule has 1 N–H and O–H groups in total. The van der Waals surface area contributed by atoms with Gasteiger partial charge in [0.25, 0.3) is 0 Å². The van der Waals surface area contributed by atoms with Crippen LogP contribution in [-0.4, -0.2) is 16.0 Å². The van der Waals surface area contributed by atoms with E-state index in [4.69, 9.17) is 0 Å². The van der Waals surface area contributed by atoms with Gasteiger partial charge in [0.05, 0.1) is 0 Å². The summed E-state index contributed by atoms with van der Waals surface area (Å²) in [6.45, 7) is 6.48. The number of nitrogens with zero attached hydrogens (tertiary/aromatic N) is 2. The number of rotatable bonds is 3. The maximum atomic E-state index is 4.50. The lowest BCUT2D eigenvalue weighted by molar-refractivity contribution is 0.502. The van der Waals surface area contributed by atoms with Gasteiger partial charge in [-0.15, -0.1) is 0 Å². The molecular formula is C15H25N3. The number of nitrogens with one attached hydrogen (secondary N) is 1. The molecule has 100 valence electrons. The number of aromatic nitrogens is 2. The number of anilines is 1. The first-order valence-corrected chi connectivity index (χ1v) is 7.28. The second-order valence-corrected chi connectivity index (χ2v) is 5.60. The first-order valence-electron chi connectivity index (χ1n) is 7.28. The summed E-state index contributed by atoms with van der Waals surface area (Å²) in [5, 5.41) is 3.61. The van der Waals surface area contributed by atoms with E-state index in [-0.39, 0.29) is 0 Å². The maximum absolute atomic E-state index is 4.50. The molecule has 0 radical (unpaired) electrons. The molecule has 1 aliphatic rings. The lowest BCUT2D eigenvalue weighted by Crippen LogP contribution is -2.19. The molecule has 2 atom stereocenters. The van der Waals surface area contributed by atoms with E-state index in [2.05, 4.69) is 35.2 Å². The minimum atomic E-state index is 0.592. The summed E-state index contributed by atoms with van der Waals surface area (Å²) in [6, 6.07) is 2.69. The Labute approximate surface area is 110 Å². The minimum absolute atomic E-state index is 0.592. The Morgan fingerprint density at radius 2 is 2.06 bits per heavy atom. The predicted octanol–water partition coefficient (Wildman–Crippen LogP) is 3.73. The average molecular weight is 247 g/mol. The van der Waals surface area contributed by atoms with Crippen molar-refractivity contribution in [3.63, 3.8) is 0 Å². The van der Waals surface area contributed by atoms with Crippen molar-refractivity contribution < 1.29 is 0 Å². The monoisotopic (exact) mass is 247 g/mol. The van der Waals surface area contributed by atoms with E-state index < -0.39 is 0 Å². The van der Waals surface area contributed by atoms with E-state index in [1.165, 1.54) is 32.1 Å². The summed E-state index contributed by atoms with van der Waals surface area (Å²) in [5.41, 5.74) is 1.13. The Kier molecular flexibility index (Phi) is 4.56. The Bertz CT molecular complexity index is 389. The van der Waals surface area contributed by atoms with Crippen LogP contribution in [0.4, 0.5) is 5.82 Å². The second kappa shape index (κ2) is 6.17. The van der Waals surface area contributed by atoms with Gasteiger partial charge in [0, 0.05) is 17.8 Å². The molecule has 1 saturated carbocycles. The van der Waals surface area contributed by atoms with Gasteiger partial charge in [-0.25, -0.2) is 9.97 Å². The zero-order chi connectivity index (χ0) is 13.0. The van der Waals surface area contributed by atoms with Crippen LogP contribution < -0.4 is 5.32 Å². The molecule has 1 fully saturated rings. The van der Waals surface area contributed by atoms with E-state index in [0.29, 0.717) is 6.04 Å². The number of hydrogen-bond donors (Lipinski definition) is 1. The quantitative estimate of drug-likeness (QED) is 0.827. The van der Waals surface area contributed by atoms with Crippen LogP contribution in [0, 0.1) is 12.8 Å². The molecule has 1 aromatic heterocycles. The predicted molar refractivity (Wildman–Crippen MR) is 75.8 cm³/mol. The standard InChI is InChI=1S/C15H25N3/c1-4-13-10-15(17-12(3)16-13)18-14-7-5-6-11(2)8-9-14/h10-11,14H,4-9H2,1-3H3,(H,16,17,18). The van der Waals surface area contributed by atoms with Crippen LogP contribution in [0.15, 0.2) is 6.07 Å². The molecule has 0 amide bonds. The van der Waals surface area contributed by atoms with E-state index in [1.807, 2.05) is 6.92 Å². The summed E-state index contributed by atoms with van der Waals surface area (Å²) < 4.78 is 0. The zero-order valence-corrected chi connectivity index (χ0v) is 11.9. The Balaban J connectivity index is 2.01. The topological polar surface area (TPSA) is 37.8 Å². The fraction of sp³-hybridized carbons (Fsp3) is 0.733. The SMILES string of the molecule is CCc1cc(NC2CCCC(C)CC2)nc(C)n1. The van der Waals surface area contributed by atoms with Crippen LogP contribution in [0.25, 0.3) is 0 Å². The van der Waals surface area contributed by atoms with Crippen LogP contribution in [0.1, 0.15) is 57.5 Å². The van der Waals surface area contributed by atoms with Crippen LogP contribution in [-0.2, 0) is 6.42 Å². The van der Waals surface area contributed by atoms with E-state index >= 15 is 0 Å². The molecule has 3 heteroatoms. The lowest BCUT2D eigenvalue weighted by atomic mass is 10.0. The molecule has 0 aromatic carbocycles. The minimum Gasteiger partial charge on any atom is -0.367 e. The first-order chi connectivity index (χ1) is 8.67. The summed E-state index contributed by atoms with van der Waals surface area (Å²) in [6.07, 6.45) is 7.56. The van der Waals surface area contributed by atoms with Crippen molar-refractivity contribution in [1.29, 1.82) is 0 Å². The van der Waals surface area contributed by atoms with Crippen molar-refractivity contribution >= 4 is 5.82 Å². The molecule has 2 unspecified atom stereocenters. The fourth-order valence-corrected chi connectivity index (χ4v) is 2.73. The van der Waals surface area contributed by atoms with Gasteiger partial charge in [0.2, 0.25) is 0 Å². The van der Waals surface area contributed by atoms with Gasteiger partial charge in [-0.3, -0.25) is 0 Å². The van der Waals surface area contributed by atoms with Crippen LogP contribution >= 0.6 is 0 Å². The fourth-order valence-electron chi connectivity index (χ4n) is 2.73. The molecule has 1 aliphatic carbocycles. The highest BCUT2D eigenvalue weighted by Crippen LogP contribution is 2.24. The summed E-state index contributed by atoms with van der Waals surface area (Å²) >= 11 is 0. The molecule has 1 aromatic rings. The third-order valence-electron chi connectivity index (χ3n) is 3.86. The van der Waals surface area contributed by atoms with Gasteiger partial charge in [-0.1, -0.05) is 26.7 Å². The molecule has 0 bridgehead atoms.